The predicted molar refractivity (Wildman–Crippen MR) is 113 cm³/mol. The van der Waals surface area contributed by atoms with E-state index < -0.39 is 0 Å². The summed E-state index contributed by atoms with van der Waals surface area (Å²) in [6.07, 6.45) is 9.26. The Morgan fingerprint density at radius 1 is 1.32 bits per heavy atom. The van der Waals surface area contributed by atoms with Crippen LogP contribution in [-0.4, -0.2) is 47.0 Å². The first-order chi connectivity index (χ1) is 13.7. The lowest BCUT2D eigenvalue weighted by Gasteiger charge is -2.25. The molecule has 28 heavy (non-hydrogen) atoms. The summed E-state index contributed by atoms with van der Waals surface area (Å²) in [7, 11) is 0. The molecule has 5 rings (SSSR count). The Morgan fingerprint density at radius 2 is 2.25 bits per heavy atom. The molecule has 0 aromatic carbocycles. The normalized spacial score (nSPS) is 21.7. The number of hydrogen-bond donors (Lipinski definition) is 3. The predicted octanol–water partition coefficient (Wildman–Crippen LogP) is 3.16. The van der Waals surface area contributed by atoms with E-state index in [0.29, 0.717) is 11.0 Å². The van der Waals surface area contributed by atoms with Gasteiger partial charge in [0.2, 0.25) is 0 Å². The van der Waals surface area contributed by atoms with Crippen molar-refractivity contribution in [2.45, 2.75) is 12.8 Å². The van der Waals surface area contributed by atoms with Crippen LogP contribution in [0.15, 0.2) is 41.4 Å². The summed E-state index contributed by atoms with van der Waals surface area (Å²) in [5, 5.41) is 7.47. The monoisotopic (exact) mass is 440 g/mol. The zero-order valence-corrected chi connectivity index (χ0v) is 16.9. The van der Waals surface area contributed by atoms with E-state index in [2.05, 4.69) is 46.4 Å². The van der Waals surface area contributed by atoms with Crippen LogP contribution >= 0.6 is 15.9 Å². The average molecular weight is 441 g/mol. The van der Waals surface area contributed by atoms with Crippen LogP contribution < -0.4 is 15.5 Å². The molecule has 7 nitrogen and oxygen atoms in total. The Bertz CT molecular complexity index is 1030. The number of carbonyl (C=O) groups excluding carboxylic acids is 1. The van der Waals surface area contributed by atoms with Gasteiger partial charge in [-0.25, -0.2) is 4.98 Å². The third kappa shape index (κ3) is 2.97. The Labute approximate surface area is 171 Å². The molecule has 0 aliphatic carbocycles. The topological polar surface area (TPSA) is 85.9 Å². The van der Waals surface area contributed by atoms with Crippen molar-refractivity contribution < 1.29 is 4.79 Å². The fourth-order valence-electron chi connectivity index (χ4n) is 4.42. The summed E-state index contributed by atoms with van der Waals surface area (Å²) in [5.41, 5.74) is 3.48. The summed E-state index contributed by atoms with van der Waals surface area (Å²) in [5.74, 6) is -0.183. The second-order valence-electron chi connectivity index (χ2n) is 7.67. The summed E-state index contributed by atoms with van der Waals surface area (Å²) in [4.78, 5) is 26.8. The van der Waals surface area contributed by atoms with Crippen LogP contribution in [0.3, 0.4) is 0 Å². The number of anilines is 2. The fraction of sp³-hybridized carbons (Fsp3) is 0.350. The first-order valence-corrected chi connectivity index (χ1v) is 10.3. The van der Waals surface area contributed by atoms with Crippen LogP contribution in [0, 0.1) is 5.41 Å². The van der Waals surface area contributed by atoms with Gasteiger partial charge in [0.15, 0.2) is 0 Å². The molecule has 2 aliphatic rings. The quantitative estimate of drug-likeness (QED) is 0.582. The van der Waals surface area contributed by atoms with E-state index in [0.717, 1.165) is 53.1 Å². The number of aromatic amines is 1. The second kappa shape index (κ2) is 6.86. The van der Waals surface area contributed by atoms with Gasteiger partial charge in [-0.1, -0.05) is 0 Å². The highest BCUT2D eigenvalue weighted by Crippen LogP contribution is 2.44. The maximum absolute atomic E-state index is 12.7. The van der Waals surface area contributed by atoms with Gasteiger partial charge in [0.25, 0.3) is 5.91 Å². The molecule has 1 spiro atoms. The van der Waals surface area contributed by atoms with Crippen molar-refractivity contribution >= 4 is 44.2 Å². The second-order valence-corrected chi connectivity index (χ2v) is 8.53. The molecule has 0 bridgehead atoms. The van der Waals surface area contributed by atoms with E-state index in [1.54, 1.807) is 24.5 Å². The number of nitrogens with one attached hydrogen (secondary N) is 3. The number of carbonyl (C=O) groups is 1. The molecule has 3 N–H and O–H groups in total. The largest absolute Gasteiger partial charge is 0.369 e. The van der Waals surface area contributed by atoms with Crippen molar-refractivity contribution in [3.63, 3.8) is 0 Å². The molecule has 2 fully saturated rings. The van der Waals surface area contributed by atoms with Crippen LogP contribution in [0.4, 0.5) is 11.4 Å². The van der Waals surface area contributed by atoms with Gasteiger partial charge in [-0.15, -0.1) is 0 Å². The Kier molecular flexibility index (Phi) is 4.32. The first-order valence-electron chi connectivity index (χ1n) is 9.48. The third-order valence-electron chi connectivity index (χ3n) is 5.89. The number of H-pyrrole nitrogens is 1. The maximum Gasteiger partial charge on any atom is 0.257 e. The minimum absolute atomic E-state index is 0.183. The van der Waals surface area contributed by atoms with Gasteiger partial charge >= 0.3 is 0 Å². The van der Waals surface area contributed by atoms with Crippen LogP contribution in [-0.2, 0) is 0 Å². The number of aromatic nitrogens is 3. The van der Waals surface area contributed by atoms with Gasteiger partial charge in [0.1, 0.15) is 5.65 Å². The summed E-state index contributed by atoms with van der Waals surface area (Å²) >= 11 is 3.70. The summed E-state index contributed by atoms with van der Waals surface area (Å²) in [6, 6.07) is 3.51. The lowest BCUT2D eigenvalue weighted by atomic mass is 9.86. The van der Waals surface area contributed by atoms with E-state index >= 15 is 0 Å². The third-order valence-corrected chi connectivity index (χ3v) is 6.47. The number of halogens is 1. The van der Waals surface area contributed by atoms with Crippen LogP contribution in [0.5, 0.6) is 0 Å². The highest BCUT2D eigenvalue weighted by molar-refractivity contribution is 9.10. The highest BCUT2D eigenvalue weighted by Gasteiger charge is 2.41. The van der Waals surface area contributed by atoms with E-state index in [9.17, 15) is 4.79 Å². The summed E-state index contributed by atoms with van der Waals surface area (Å²) in [6.45, 7) is 4.18. The van der Waals surface area contributed by atoms with Gasteiger partial charge in [-0.3, -0.25) is 9.78 Å². The van der Waals surface area contributed by atoms with Gasteiger partial charge in [0.05, 0.1) is 26.8 Å². The van der Waals surface area contributed by atoms with Gasteiger partial charge in [-0.05, 0) is 47.4 Å². The van der Waals surface area contributed by atoms with Crippen molar-refractivity contribution in [2.24, 2.45) is 5.41 Å². The number of nitrogens with zero attached hydrogens (tertiary/aromatic N) is 3. The number of fused-ring (bicyclic) bond motifs is 1. The molecule has 0 radical (unpaired) electrons. The SMILES string of the molecule is O=C(Nc1c[nH]c2ncc(Br)c(N3CCC4(CCNC4)C3)c12)c1cccnc1. The lowest BCUT2D eigenvalue weighted by molar-refractivity contribution is 0.102. The van der Waals surface area contributed by atoms with Gasteiger partial charge < -0.3 is 20.5 Å². The molecule has 144 valence electrons. The smallest absolute Gasteiger partial charge is 0.257 e. The molecule has 1 atom stereocenters. The minimum atomic E-state index is -0.183. The maximum atomic E-state index is 12.7. The van der Waals surface area contributed by atoms with E-state index in [-0.39, 0.29) is 5.91 Å². The number of hydrogen-bond acceptors (Lipinski definition) is 5. The fourth-order valence-corrected chi connectivity index (χ4v) is 4.98. The molecular formula is C20H21BrN6O. The molecule has 0 saturated carbocycles. The summed E-state index contributed by atoms with van der Waals surface area (Å²) < 4.78 is 0.944. The first kappa shape index (κ1) is 17.6. The minimum Gasteiger partial charge on any atom is -0.369 e. The van der Waals surface area contributed by atoms with Crippen LogP contribution in [0.1, 0.15) is 23.2 Å². The van der Waals surface area contributed by atoms with Crippen LogP contribution in [0.2, 0.25) is 0 Å². The molecule has 2 saturated heterocycles. The Balaban J connectivity index is 1.52. The van der Waals surface area contributed by atoms with Gasteiger partial charge in [-0.2, -0.15) is 0 Å². The van der Waals surface area contributed by atoms with E-state index in [4.69, 9.17) is 0 Å². The van der Waals surface area contributed by atoms with Crippen molar-refractivity contribution in [3.8, 4) is 0 Å². The van der Waals surface area contributed by atoms with Gasteiger partial charge in [0, 0.05) is 49.8 Å². The Morgan fingerprint density at radius 3 is 3.04 bits per heavy atom. The number of rotatable bonds is 3. The highest BCUT2D eigenvalue weighted by atomic mass is 79.9. The molecule has 1 unspecified atom stereocenters. The number of amides is 1. The lowest BCUT2D eigenvalue weighted by Crippen LogP contribution is -2.29. The van der Waals surface area contributed by atoms with Crippen molar-refractivity contribution in [1.82, 2.24) is 20.3 Å². The molecule has 3 aromatic rings. The molecule has 8 heteroatoms. The zero-order chi connectivity index (χ0) is 19.1. The Hall–Kier alpha value is -2.45. The zero-order valence-electron chi connectivity index (χ0n) is 15.3. The van der Waals surface area contributed by atoms with E-state index in [1.165, 1.54) is 12.8 Å². The molecule has 5 heterocycles. The molecule has 1 amide bonds. The molecular weight excluding hydrogens is 420 g/mol. The molecule has 3 aromatic heterocycles. The average Bonchev–Trinajstić information content (AvgIpc) is 3.45. The van der Waals surface area contributed by atoms with E-state index in [1.807, 2.05) is 12.4 Å². The van der Waals surface area contributed by atoms with Crippen molar-refractivity contribution in [3.05, 3.63) is 47.0 Å². The molecule has 2 aliphatic heterocycles. The van der Waals surface area contributed by atoms with Crippen LogP contribution in [0.25, 0.3) is 11.0 Å². The van der Waals surface area contributed by atoms with Crippen molar-refractivity contribution in [2.75, 3.05) is 36.4 Å². The standard InChI is InChI=1S/C20H21BrN6O/c21-14-9-24-18-16(17(14)27-7-4-20(12-27)3-6-23-11-20)15(10-25-18)26-19(28)13-2-1-5-22-8-13/h1-2,5,8-10,23H,3-4,6-7,11-12H2,(H,24,25)(H,26,28). The van der Waals surface area contributed by atoms with Crippen molar-refractivity contribution in [1.29, 1.82) is 0 Å². The number of pyridine rings is 2.